The van der Waals surface area contributed by atoms with Crippen LogP contribution in [-0.4, -0.2) is 17.7 Å². The molecule has 3 nitrogen and oxygen atoms in total. The summed E-state index contributed by atoms with van der Waals surface area (Å²) in [5, 5.41) is 6.53. The number of hydroxylamine groups is 2. The maximum atomic E-state index is 12.2. The second-order valence-electron chi connectivity index (χ2n) is 3.26. The minimum Gasteiger partial charge on any atom is -0.260 e. The first-order valence-electron chi connectivity index (χ1n) is 4.71. The number of halogens is 6. The minimum atomic E-state index is -5.80. The summed E-state index contributed by atoms with van der Waals surface area (Å²) in [7, 11) is 0. The first kappa shape index (κ1) is 15.3. The predicted octanol–water partition coefficient (Wildman–Crippen LogP) is 3.52. The molecule has 0 aliphatic rings. The molecule has 1 aromatic rings. The Morgan fingerprint density at radius 2 is 1.47 bits per heavy atom. The Bertz CT molecular complexity index is 436. The van der Waals surface area contributed by atoms with Crippen LogP contribution in [0.2, 0.25) is 0 Å². The SMILES string of the molecule is N#CC(ON(C(F)(F)F)C(F)(F)F)c1ccccc1. The van der Waals surface area contributed by atoms with Gasteiger partial charge in [-0.25, -0.2) is 0 Å². The Balaban J connectivity index is 2.99. The van der Waals surface area contributed by atoms with Crippen molar-refractivity contribution in [1.82, 2.24) is 5.06 Å². The van der Waals surface area contributed by atoms with Gasteiger partial charge in [-0.15, -0.1) is 0 Å². The summed E-state index contributed by atoms with van der Waals surface area (Å²) in [6, 6.07) is 7.79. The molecule has 1 rings (SSSR count). The maximum Gasteiger partial charge on any atom is 0.490 e. The number of alkyl halides is 6. The molecule has 0 radical (unpaired) electrons. The summed E-state index contributed by atoms with van der Waals surface area (Å²) in [5.74, 6) is 0. The Kier molecular flexibility index (Phi) is 4.39. The van der Waals surface area contributed by atoms with Gasteiger partial charge in [0.25, 0.3) is 0 Å². The first-order valence-corrected chi connectivity index (χ1v) is 4.71. The van der Waals surface area contributed by atoms with Crippen molar-refractivity contribution in [3.63, 3.8) is 0 Å². The molecule has 0 aromatic heterocycles. The molecule has 0 spiro atoms. The molecular formula is C10H6F6N2O. The van der Waals surface area contributed by atoms with Crippen molar-refractivity contribution < 1.29 is 31.2 Å². The second-order valence-corrected chi connectivity index (χ2v) is 3.26. The van der Waals surface area contributed by atoms with Crippen LogP contribution in [0.5, 0.6) is 0 Å². The van der Waals surface area contributed by atoms with Crippen molar-refractivity contribution >= 4 is 0 Å². The Morgan fingerprint density at radius 1 is 1.00 bits per heavy atom. The highest BCUT2D eigenvalue weighted by atomic mass is 19.4. The highest BCUT2D eigenvalue weighted by Gasteiger charge is 2.56. The summed E-state index contributed by atoms with van der Waals surface area (Å²) < 4.78 is 73.2. The van der Waals surface area contributed by atoms with E-state index < -0.39 is 23.8 Å². The maximum absolute atomic E-state index is 12.2. The third-order valence-electron chi connectivity index (χ3n) is 1.89. The molecule has 0 N–H and O–H groups in total. The summed E-state index contributed by atoms with van der Waals surface area (Å²) in [5.41, 5.74) is -0.122. The third kappa shape index (κ3) is 4.11. The van der Waals surface area contributed by atoms with Crippen molar-refractivity contribution in [2.45, 2.75) is 18.7 Å². The van der Waals surface area contributed by atoms with Gasteiger partial charge >= 0.3 is 12.6 Å². The van der Waals surface area contributed by atoms with E-state index in [9.17, 15) is 26.3 Å². The van der Waals surface area contributed by atoms with Gasteiger partial charge < -0.3 is 0 Å². The molecule has 0 saturated heterocycles. The Morgan fingerprint density at radius 3 is 1.84 bits per heavy atom. The lowest BCUT2D eigenvalue weighted by molar-refractivity contribution is -0.489. The number of benzene rings is 1. The van der Waals surface area contributed by atoms with Gasteiger partial charge in [0, 0.05) is 5.06 Å². The van der Waals surface area contributed by atoms with E-state index in [1.807, 2.05) is 0 Å². The van der Waals surface area contributed by atoms with E-state index in [0.717, 1.165) is 0 Å². The molecule has 0 aliphatic heterocycles. The zero-order valence-corrected chi connectivity index (χ0v) is 9.03. The van der Waals surface area contributed by atoms with E-state index in [1.54, 1.807) is 0 Å². The van der Waals surface area contributed by atoms with E-state index in [4.69, 9.17) is 5.26 Å². The number of nitrogens with zero attached hydrogens (tertiary/aromatic N) is 2. The van der Waals surface area contributed by atoms with Gasteiger partial charge in [-0.05, 0) is 5.56 Å². The molecule has 0 aliphatic carbocycles. The van der Waals surface area contributed by atoms with Crippen LogP contribution < -0.4 is 0 Å². The van der Waals surface area contributed by atoms with Gasteiger partial charge in [0.1, 0.15) is 6.07 Å². The van der Waals surface area contributed by atoms with Crippen LogP contribution >= 0.6 is 0 Å². The summed E-state index contributed by atoms with van der Waals surface area (Å²) in [6.07, 6.45) is -13.6. The van der Waals surface area contributed by atoms with Crippen LogP contribution in [0.15, 0.2) is 30.3 Å². The highest BCUT2D eigenvalue weighted by Crippen LogP contribution is 2.36. The van der Waals surface area contributed by atoms with Crippen molar-refractivity contribution in [3.05, 3.63) is 35.9 Å². The summed E-state index contributed by atoms with van der Waals surface area (Å²) in [6.45, 7) is 0. The van der Waals surface area contributed by atoms with E-state index >= 15 is 0 Å². The quantitative estimate of drug-likeness (QED) is 0.484. The van der Waals surface area contributed by atoms with Gasteiger partial charge in [0.15, 0.2) is 6.10 Å². The fraction of sp³-hybridized carbons (Fsp3) is 0.300. The lowest BCUT2D eigenvalue weighted by Gasteiger charge is -2.27. The van der Waals surface area contributed by atoms with Crippen LogP contribution in [0.4, 0.5) is 26.3 Å². The lowest BCUT2D eigenvalue weighted by atomic mass is 10.1. The molecular weight excluding hydrogens is 278 g/mol. The van der Waals surface area contributed by atoms with Gasteiger partial charge in [-0.3, -0.25) is 4.84 Å². The number of hydrogen-bond acceptors (Lipinski definition) is 3. The monoisotopic (exact) mass is 284 g/mol. The largest absolute Gasteiger partial charge is 0.490 e. The zero-order chi connectivity index (χ0) is 14.7. The van der Waals surface area contributed by atoms with Crippen LogP contribution in [0, 0.1) is 11.3 Å². The van der Waals surface area contributed by atoms with Gasteiger partial charge in [-0.2, -0.15) is 31.6 Å². The molecule has 0 heterocycles. The smallest absolute Gasteiger partial charge is 0.260 e. The minimum absolute atomic E-state index is 0.122. The molecule has 9 heteroatoms. The van der Waals surface area contributed by atoms with Crippen molar-refractivity contribution in [2.24, 2.45) is 0 Å². The first-order chi connectivity index (χ1) is 8.66. The Labute approximate surface area is 103 Å². The highest BCUT2D eigenvalue weighted by molar-refractivity contribution is 5.21. The van der Waals surface area contributed by atoms with E-state index in [-0.39, 0.29) is 5.56 Å². The second kappa shape index (κ2) is 5.46. The number of hydrogen-bond donors (Lipinski definition) is 0. The molecule has 0 saturated carbocycles. The summed E-state index contributed by atoms with van der Waals surface area (Å²) in [4.78, 5) is 3.74. The molecule has 19 heavy (non-hydrogen) atoms. The average Bonchev–Trinajstić information content (AvgIpc) is 2.28. The van der Waals surface area contributed by atoms with Crippen LogP contribution in [-0.2, 0) is 4.84 Å². The molecule has 104 valence electrons. The molecule has 1 unspecified atom stereocenters. The van der Waals surface area contributed by atoms with E-state index in [1.165, 1.54) is 36.4 Å². The molecule has 0 bridgehead atoms. The van der Waals surface area contributed by atoms with Crippen LogP contribution in [0.1, 0.15) is 11.7 Å². The lowest BCUT2D eigenvalue weighted by Crippen LogP contribution is -2.48. The standard InChI is InChI=1S/C10H6F6N2O/c11-9(12,13)18(10(14,15)16)19-8(6-17)7-4-2-1-3-5-7/h1-5,8H. The van der Waals surface area contributed by atoms with Crippen molar-refractivity contribution in [3.8, 4) is 6.07 Å². The Hall–Kier alpha value is -1.79. The topological polar surface area (TPSA) is 36.3 Å². The number of nitriles is 1. The molecule has 0 amide bonds. The van der Waals surface area contributed by atoms with E-state index in [2.05, 4.69) is 4.84 Å². The van der Waals surface area contributed by atoms with Gasteiger partial charge in [-0.1, -0.05) is 30.3 Å². The fourth-order valence-electron chi connectivity index (χ4n) is 1.16. The molecule has 0 fully saturated rings. The normalized spacial score (nSPS) is 14.2. The molecule has 1 aromatic carbocycles. The van der Waals surface area contributed by atoms with Crippen LogP contribution in [0.3, 0.4) is 0 Å². The fourth-order valence-corrected chi connectivity index (χ4v) is 1.16. The third-order valence-corrected chi connectivity index (χ3v) is 1.89. The van der Waals surface area contributed by atoms with Crippen molar-refractivity contribution in [1.29, 1.82) is 5.26 Å². The summed E-state index contributed by atoms with van der Waals surface area (Å²) >= 11 is 0. The van der Waals surface area contributed by atoms with Gasteiger partial charge in [0.05, 0.1) is 0 Å². The van der Waals surface area contributed by atoms with Crippen molar-refractivity contribution in [2.75, 3.05) is 0 Å². The van der Waals surface area contributed by atoms with Gasteiger partial charge in [0.2, 0.25) is 0 Å². The average molecular weight is 284 g/mol. The number of rotatable bonds is 3. The molecule has 1 atom stereocenters. The zero-order valence-electron chi connectivity index (χ0n) is 9.03. The van der Waals surface area contributed by atoms with Crippen LogP contribution in [0.25, 0.3) is 0 Å². The van der Waals surface area contributed by atoms with E-state index in [0.29, 0.717) is 0 Å². The predicted molar refractivity (Wildman–Crippen MR) is 49.8 cm³/mol.